The maximum Gasteiger partial charge on any atom is 0.256 e. The van der Waals surface area contributed by atoms with Crippen LogP contribution in [0.5, 0.6) is 11.5 Å². The van der Waals surface area contributed by atoms with Crippen LogP contribution < -0.4 is 20.1 Å². The minimum Gasteiger partial charge on any atom is -0.490 e. The number of carbonyl (C=O) groups is 1. The Bertz CT molecular complexity index is 1580. The summed E-state index contributed by atoms with van der Waals surface area (Å²) >= 11 is 0. The highest BCUT2D eigenvalue weighted by molar-refractivity contribution is 6.07. The lowest BCUT2D eigenvalue weighted by Crippen LogP contribution is -2.54. The largest absolute Gasteiger partial charge is 0.490 e. The van der Waals surface area contributed by atoms with Gasteiger partial charge in [-0.25, -0.2) is 0 Å². The summed E-state index contributed by atoms with van der Waals surface area (Å²) in [7, 11) is 0. The second-order valence-electron chi connectivity index (χ2n) is 10.1. The predicted octanol–water partition coefficient (Wildman–Crippen LogP) is 5.39. The number of amides is 1. The first-order valence-corrected chi connectivity index (χ1v) is 13.1. The number of fused-ring (bicyclic) bond motifs is 3. The van der Waals surface area contributed by atoms with E-state index >= 15 is 0 Å². The standard InChI is InChI=1S/C31H29N3O5/c1-3-38-27-17-21(15-16-26(27)39-18-22-11-8-10-20-9-4-5-12-23(20)22)28-19(2)33-31(29(28)34(36)37)24-13-6-7-14-25(24)32-30(31)35/h4-17,19,28-29,33H,3,18H2,1-2H3,(H,32,35)/t19-,28-,29+,31+/m0/s1. The maximum absolute atomic E-state index is 13.3. The van der Waals surface area contributed by atoms with Gasteiger partial charge in [0.15, 0.2) is 17.0 Å². The number of rotatable bonds is 7. The van der Waals surface area contributed by atoms with Crippen LogP contribution in [-0.2, 0) is 16.9 Å². The quantitative estimate of drug-likeness (QED) is 0.249. The van der Waals surface area contributed by atoms with Gasteiger partial charge in [-0.05, 0) is 53.9 Å². The monoisotopic (exact) mass is 523 g/mol. The van der Waals surface area contributed by atoms with E-state index in [2.05, 4.69) is 28.8 Å². The Balaban J connectivity index is 1.35. The summed E-state index contributed by atoms with van der Waals surface area (Å²) in [6.07, 6.45) is 0. The van der Waals surface area contributed by atoms with Crippen molar-refractivity contribution in [2.24, 2.45) is 0 Å². The molecule has 4 atom stereocenters. The Morgan fingerprint density at radius 2 is 1.72 bits per heavy atom. The zero-order valence-electron chi connectivity index (χ0n) is 21.7. The Kier molecular flexibility index (Phi) is 6.19. The van der Waals surface area contributed by atoms with Crippen LogP contribution in [0.25, 0.3) is 10.8 Å². The molecule has 1 spiro atoms. The van der Waals surface area contributed by atoms with E-state index in [4.69, 9.17) is 9.47 Å². The molecule has 198 valence electrons. The number of benzene rings is 4. The maximum atomic E-state index is 13.3. The van der Waals surface area contributed by atoms with Crippen molar-refractivity contribution in [3.05, 3.63) is 112 Å². The van der Waals surface area contributed by atoms with E-state index in [1.807, 2.05) is 56.3 Å². The molecule has 2 aliphatic heterocycles. The second kappa shape index (κ2) is 9.71. The topological polar surface area (TPSA) is 103 Å². The second-order valence-corrected chi connectivity index (χ2v) is 10.1. The highest BCUT2D eigenvalue weighted by atomic mass is 16.6. The van der Waals surface area contributed by atoms with Crippen LogP contribution in [0, 0.1) is 10.1 Å². The first kappa shape index (κ1) is 24.9. The van der Waals surface area contributed by atoms with E-state index in [-0.39, 0.29) is 11.0 Å². The van der Waals surface area contributed by atoms with Crippen LogP contribution in [0.1, 0.15) is 36.5 Å². The Hall–Kier alpha value is -4.43. The lowest BCUT2D eigenvalue weighted by Gasteiger charge is -2.25. The van der Waals surface area contributed by atoms with Gasteiger partial charge in [0.2, 0.25) is 0 Å². The fourth-order valence-electron chi connectivity index (χ4n) is 6.25. The number of carbonyl (C=O) groups excluding carboxylic acids is 1. The van der Waals surface area contributed by atoms with Crippen molar-refractivity contribution < 1.29 is 19.2 Å². The molecule has 4 aromatic rings. The number of para-hydroxylation sites is 1. The first-order valence-electron chi connectivity index (χ1n) is 13.1. The summed E-state index contributed by atoms with van der Waals surface area (Å²) in [5, 5.41) is 21.0. The van der Waals surface area contributed by atoms with Crippen molar-refractivity contribution >= 4 is 22.4 Å². The molecule has 2 N–H and O–H groups in total. The third-order valence-electron chi connectivity index (χ3n) is 7.88. The number of hydrogen-bond donors (Lipinski definition) is 2. The molecule has 39 heavy (non-hydrogen) atoms. The number of ether oxygens (including phenoxy) is 2. The summed E-state index contributed by atoms with van der Waals surface area (Å²) in [5.74, 6) is 0.0910. The number of hydrogen-bond acceptors (Lipinski definition) is 6. The highest BCUT2D eigenvalue weighted by Gasteiger charge is 2.67. The van der Waals surface area contributed by atoms with Crippen molar-refractivity contribution in [3.63, 3.8) is 0 Å². The molecule has 0 saturated carbocycles. The molecule has 2 heterocycles. The van der Waals surface area contributed by atoms with Crippen LogP contribution in [0.4, 0.5) is 5.69 Å². The smallest absolute Gasteiger partial charge is 0.256 e. The van der Waals surface area contributed by atoms with Gasteiger partial charge in [0.05, 0.1) is 12.5 Å². The van der Waals surface area contributed by atoms with Crippen LogP contribution >= 0.6 is 0 Å². The van der Waals surface area contributed by atoms with Crippen molar-refractivity contribution in [1.82, 2.24) is 5.32 Å². The SMILES string of the molecule is CCOc1cc([C@@H]2[C@H](C)N[C@@]3(C(=O)Nc4ccccc43)[C@@H]2[N+](=O)[O-])ccc1OCc1cccc2ccccc12. The Morgan fingerprint density at radius 3 is 2.54 bits per heavy atom. The molecule has 0 aliphatic carbocycles. The average molecular weight is 524 g/mol. The van der Waals surface area contributed by atoms with Gasteiger partial charge in [-0.2, -0.15) is 0 Å². The molecule has 0 bridgehead atoms. The molecule has 0 radical (unpaired) electrons. The summed E-state index contributed by atoms with van der Waals surface area (Å²) in [5.41, 5.74) is 1.51. The summed E-state index contributed by atoms with van der Waals surface area (Å²) in [6, 6.07) is 25.3. The van der Waals surface area contributed by atoms with E-state index in [1.54, 1.807) is 24.3 Å². The van der Waals surface area contributed by atoms with E-state index in [0.717, 1.165) is 16.3 Å². The van der Waals surface area contributed by atoms with E-state index < -0.39 is 23.4 Å². The van der Waals surface area contributed by atoms with Crippen molar-refractivity contribution in [1.29, 1.82) is 0 Å². The predicted molar refractivity (Wildman–Crippen MR) is 149 cm³/mol. The lowest BCUT2D eigenvalue weighted by molar-refractivity contribution is -0.532. The number of nitrogens with zero attached hydrogens (tertiary/aromatic N) is 1. The van der Waals surface area contributed by atoms with Crippen molar-refractivity contribution in [2.75, 3.05) is 11.9 Å². The fourth-order valence-corrected chi connectivity index (χ4v) is 6.25. The molecule has 0 aromatic heterocycles. The lowest BCUT2D eigenvalue weighted by atomic mass is 9.78. The summed E-state index contributed by atoms with van der Waals surface area (Å²) in [4.78, 5) is 25.6. The van der Waals surface area contributed by atoms with E-state index in [0.29, 0.717) is 41.5 Å². The van der Waals surface area contributed by atoms with Crippen molar-refractivity contribution in [3.8, 4) is 11.5 Å². The highest BCUT2D eigenvalue weighted by Crippen LogP contribution is 2.50. The van der Waals surface area contributed by atoms with Gasteiger partial charge in [-0.15, -0.1) is 0 Å². The molecule has 6 rings (SSSR count). The molecular weight excluding hydrogens is 494 g/mol. The van der Waals surface area contributed by atoms with Crippen LogP contribution in [-0.4, -0.2) is 29.5 Å². The molecule has 0 unspecified atom stereocenters. The van der Waals surface area contributed by atoms with Gasteiger partial charge >= 0.3 is 0 Å². The van der Waals surface area contributed by atoms with E-state index in [9.17, 15) is 14.9 Å². The third kappa shape index (κ3) is 3.99. The Morgan fingerprint density at radius 1 is 0.949 bits per heavy atom. The third-order valence-corrected chi connectivity index (χ3v) is 7.88. The van der Waals surface area contributed by atoms with Crippen LogP contribution in [0.15, 0.2) is 84.9 Å². The average Bonchev–Trinajstić information content (AvgIpc) is 3.41. The molecule has 1 fully saturated rings. The minimum atomic E-state index is -1.46. The Labute approximate surface area is 226 Å². The van der Waals surface area contributed by atoms with Crippen LogP contribution in [0.3, 0.4) is 0 Å². The molecule has 1 amide bonds. The van der Waals surface area contributed by atoms with Gasteiger partial charge in [0, 0.05) is 22.2 Å². The summed E-state index contributed by atoms with van der Waals surface area (Å²) in [6.45, 7) is 4.52. The first-order chi connectivity index (χ1) is 18.9. The van der Waals surface area contributed by atoms with Gasteiger partial charge in [0.25, 0.3) is 11.9 Å². The number of nitro groups is 1. The molecule has 8 heteroatoms. The zero-order valence-corrected chi connectivity index (χ0v) is 21.7. The molecule has 2 aliphatic rings. The minimum absolute atomic E-state index is 0.325. The van der Waals surface area contributed by atoms with Crippen LogP contribution in [0.2, 0.25) is 0 Å². The van der Waals surface area contributed by atoms with Gasteiger partial charge < -0.3 is 14.8 Å². The molecule has 4 aromatic carbocycles. The summed E-state index contributed by atoms with van der Waals surface area (Å²) < 4.78 is 12.2. The molecule has 8 nitrogen and oxygen atoms in total. The fraction of sp³-hybridized carbons (Fsp3) is 0.258. The number of anilines is 1. The zero-order chi connectivity index (χ0) is 27.1. The van der Waals surface area contributed by atoms with Gasteiger partial charge in [-0.3, -0.25) is 20.2 Å². The molecule has 1 saturated heterocycles. The van der Waals surface area contributed by atoms with Crippen molar-refractivity contribution in [2.45, 2.75) is 44.0 Å². The normalized spacial score (nSPS) is 23.5. The molecular formula is C31H29N3O5. The van der Waals surface area contributed by atoms with E-state index in [1.165, 1.54) is 0 Å². The van der Waals surface area contributed by atoms with Gasteiger partial charge in [0.1, 0.15) is 6.61 Å². The van der Waals surface area contributed by atoms with Gasteiger partial charge in [-0.1, -0.05) is 66.7 Å². The number of nitrogens with one attached hydrogen (secondary N) is 2.